The third-order valence-corrected chi connectivity index (χ3v) is 8.22. The fourth-order valence-electron chi connectivity index (χ4n) is 6.40. The number of hydrogen-bond acceptors (Lipinski definition) is 10. The molecule has 1 heterocycles. The largest absolute Gasteiger partial charge is 0.510 e. The Morgan fingerprint density at radius 2 is 1.88 bits per heavy atom. The number of nitrogens with zero attached hydrogens (tertiary/aromatic N) is 1. The van der Waals surface area contributed by atoms with Gasteiger partial charge in [-0.3, -0.25) is 19.3 Å². The quantitative estimate of drug-likeness (QED) is 0.289. The van der Waals surface area contributed by atoms with E-state index in [0.717, 1.165) is 0 Å². The summed E-state index contributed by atoms with van der Waals surface area (Å²) in [5.41, 5.74) is 2.71. The molecule has 0 radical (unpaired) electrons. The summed E-state index contributed by atoms with van der Waals surface area (Å²) in [6.07, 6.45) is 0.196. The Bertz CT molecular complexity index is 1500. The average Bonchev–Trinajstić information content (AvgIpc) is 3.33. The van der Waals surface area contributed by atoms with Gasteiger partial charge < -0.3 is 35.9 Å². The first kappa shape index (κ1) is 27.6. The summed E-state index contributed by atoms with van der Waals surface area (Å²) in [5.74, 6) is -5.64. The zero-order valence-corrected chi connectivity index (χ0v) is 22.7. The lowest BCUT2D eigenvalue weighted by Gasteiger charge is -2.50. The van der Waals surface area contributed by atoms with Crippen LogP contribution in [0.1, 0.15) is 41.9 Å². The van der Waals surface area contributed by atoms with Crippen molar-refractivity contribution in [3.05, 3.63) is 63.8 Å². The van der Waals surface area contributed by atoms with E-state index in [2.05, 4.69) is 5.32 Å². The number of carbonyl (C=O) groups is 3. The second kappa shape index (κ2) is 9.61. The van der Waals surface area contributed by atoms with Gasteiger partial charge in [-0.15, -0.1) is 0 Å². The number of aromatic hydroxyl groups is 1. The Morgan fingerprint density at radius 3 is 2.50 bits per heavy atom. The van der Waals surface area contributed by atoms with Gasteiger partial charge in [-0.05, 0) is 62.7 Å². The molecule has 40 heavy (non-hydrogen) atoms. The normalized spacial score (nSPS) is 26.3. The van der Waals surface area contributed by atoms with Gasteiger partial charge in [0, 0.05) is 23.1 Å². The zero-order chi connectivity index (χ0) is 29.3. The summed E-state index contributed by atoms with van der Waals surface area (Å²) in [4.78, 5) is 40.9. The summed E-state index contributed by atoms with van der Waals surface area (Å²) >= 11 is 0. The van der Waals surface area contributed by atoms with Crippen molar-refractivity contribution in [3.8, 4) is 17.1 Å². The number of carbonyl (C=O) groups excluding carboxylic acids is 3. The van der Waals surface area contributed by atoms with Gasteiger partial charge >= 0.3 is 0 Å². The highest BCUT2D eigenvalue weighted by atomic mass is 16.4. The van der Waals surface area contributed by atoms with Crippen LogP contribution < -0.4 is 11.1 Å². The van der Waals surface area contributed by atoms with Gasteiger partial charge in [0.05, 0.1) is 18.2 Å². The highest BCUT2D eigenvalue weighted by Crippen LogP contribution is 2.53. The number of hydrogen-bond donors (Lipinski definition) is 6. The van der Waals surface area contributed by atoms with E-state index in [9.17, 15) is 34.8 Å². The second-order valence-electron chi connectivity index (χ2n) is 11.3. The molecule has 0 spiro atoms. The van der Waals surface area contributed by atoms with E-state index in [4.69, 9.17) is 10.2 Å². The molecule has 1 amide bonds. The molecule has 0 aliphatic heterocycles. The van der Waals surface area contributed by atoms with Crippen LogP contribution in [0.4, 0.5) is 0 Å². The molecule has 11 nitrogen and oxygen atoms in total. The average molecular weight is 552 g/mol. The number of Topliss-reactive ketones (excluding diaryl/α,β-unsaturated/α-hetero) is 2. The molecule has 212 valence electrons. The maximum Gasteiger partial charge on any atom is 0.255 e. The molecule has 3 aliphatic carbocycles. The SMILES string of the molecule is CC(C)NCc1ccc(-c2ccc(O)c3c2CC2CC4C(N(C)C)C(O)=C(C(N)=O)C(=O)C4(O)C(O)=C2C3=O)o1. The first-order valence-electron chi connectivity index (χ1n) is 13.1. The maximum atomic E-state index is 13.9. The first-order valence-corrected chi connectivity index (χ1v) is 13.1. The molecule has 4 atom stereocenters. The molecule has 7 N–H and O–H groups in total. The summed E-state index contributed by atoms with van der Waals surface area (Å²) in [6.45, 7) is 4.54. The molecule has 4 unspecified atom stereocenters. The molecule has 1 aromatic carbocycles. The predicted octanol–water partition coefficient (Wildman–Crippen LogP) is 1.88. The van der Waals surface area contributed by atoms with Crippen LogP contribution in [0.5, 0.6) is 5.75 Å². The zero-order valence-electron chi connectivity index (χ0n) is 22.7. The van der Waals surface area contributed by atoms with Crippen LogP contribution in [0.15, 0.2) is 51.3 Å². The summed E-state index contributed by atoms with van der Waals surface area (Å²) in [7, 11) is 3.18. The smallest absolute Gasteiger partial charge is 0.255 e. The van der Waals surface area contributed by atoms with Crippen LogP contribution in [0, 0.1) is 11.8 Å². The fourth-order valence-corrected chi connectivity index (χ4v) is 6.40. The highest BCUT2D eigenvalue weighted by Gasteiger charge is 2.63. The third kappa shape index (κ3) is 3.95. The number of nitrogens with one attached hydrogen (secondary N) is 1. The van der Waals surface area contributed by atoms with E-state index in [-0.39, 0.29) is 35.8 Å². The topological polar surface area (TPSA) is 187 Å². The summed E-state index contributed by atoms with van der Waals surface area (Å²) in [5, 5.41) is 48.0. The number of amides is 1. The van der Waals surface area contributed by atoms with E-state index in [1.54, 1.807) is 26.2 Å². The van der Waals surface area contributed by atoms with Crippen molar-refractivity contribution in [2.75, 3.05) is 14.1 Å². The van der Waals surface area contributed by atoms with Crippen LogP contribution in [0.3, 0.4) is 0 Å². The number of rotatable bonds is 6. The van der Waals surface area contributed by atoms with Gasteiger partial charge in [0.1, 0.15) is 34.4 Å². The number of ketones is 2. The van der Waals surface area contributed by atoms with Crippen molar-refractivity contribution < 1.29 is 39.2 Å². The Hall–Kier alpha value is -3.93. The maximum absolute atomic E-state index is 13.9. The summed E-state index contributed by atoms with van der Waals surface area (Å²) < 4.78 is 6.04. The first-order chi connectivity index (χ1) is 18.8. The minimum Gasteiger partial charge on any atom is -0.510 e. The Kier molecular flexibility index (Phi) is 6.64. The number of benzene rings is 1. The van der Waals surface area contributed by atoms with E-state index in [0.29, 0.717) is 29.2 Å². The van der Waals surface area contributed by atoms with E-state index >= 15 is 0 Å². The number of fused-ring (bicyclic) bond motifs is 3. The van der Waals surface area contributed by atoms with E-state index < -0.39 is 58.0 Å². The molecule has 0 fully saturated rings. The van der Waals surface area contributed by atoms with E-state index in [1.165, 1.54) is 11.0 Å². The van der Waals surface area contributed by atoms with Gasteiger partial charge in [-0.2, -0.15) is 0 Å². The van der Waals surface area contributed by atoms with Crippen molar-refractivity contribution in [2.24, 2.45) is 17.6 Å². The molecular formula is C29H33N3O8. The Morgan fingerprint density at radius 1 is 1.18 bits per heavy atom. The predicted molar refractivity (Wildman–Crippen MR) is 143 cm³/mol. The van der Waals surface area contributed by atoms with Crippen molar-refractivity contribution in [3.63, 3.8) is 0 Å². The molecular weight excluding hydrogens is 518 g/mol. The lowest BCUT2D eigenvalue weighted by molar-refractivity contribution is -0.148. The van der Waals surface area contributed by atoms with Gasteiger partial charge in [-0.25, -0.2) is 0 Å². The third-order valence-electron chi connectivity index (χ3n) is 8.22. The standard InChI is InChI=1S/C29H33N3O8/c1-12(2)31-11-14-5-8-19(40-14)15-6-7-18(33)21-16(15)9-13-10-17-23(32(3)4)25(35)22(28(30)38)27(37)29(17,39)26(36)20(13)24(21)34/h5-8,12-13,17,23,31,33,35-36,39H,9-11H2,1-4H3,(H2,30,38). The van der Waals surface area contributed by atoms with Crippen molar-refractivity contribution >= 4 is 17.5 Å². The number of likely N-dealkylation sites (N-methyl/N-ethyl adjacent to an activating group) is 1. The van der Waals surface area contributed by atoms with Crippen LogP contribution in [0.2, 0.25) is 0 Å². The van der Waals surface area contributed by atoms with Crippen LogP contribution in [-0.2, 0) is 22.6 Å². The number of furan rings is 1. The number of allylic oxidation sites excluding steroid dienone is 1. The van der Waals surface area contributed by atoms with Crippen molar-refractivity contribution in [1.82, 2.24) is 10.2 Å². The molecule has 0 saturated heterocycles. The number of aliphatic hydroxyl groups is 3. The van der Waals surface area contributed by atoms with Gasteiger partial charge in [0.15, 0.2) is 11.4 Å². The lowest BCUT2D eigenvalue weighted by Crippen LogP contribution is -2.63. The van der Waals surface area contributed by atoms with Crippen LogP contribution in [0.25, 0.3) is 11.3 Å². The number of nitrogens with two attached hydrogens (primary N) is 1. The molecule has 11 heteroatoms. The minimum absolute atomic E-state index is 0.0164. The lowest BCUT2D eigenvalue weighted by atomic mass is 9.58. The Labute approximate surface area is 230 Å². The van der Waals surface area contributed by atoms with E-state index in [1.807, 2.05) is 19.9 Å². The molecule has 3 aliphatic rings. The second-order valence-corrected chi connectivity index (χ2v) is 11.3. The Balaban J connectivity index is 1.64. The number of phenols is 1. The fraction of sp³-hybridized carbons (Fsp3) is 0.414. The van der Waals surface area contributed by atoms with Gasteiger partial charge in [-0.1, -0.05) is 13.8 Å². The van der Waals surface area contributed by atoms with Crippen molar-refractivity contribution in [1.29, 1.82) is 0 Å². The highest BCUT2D eigenvalue weighted by molar-refractivity contribution is 6.24. The molecule has 2 aromatic rings. The molecule has 0 bridgehead atoms. The van der Waals surface area contributed by atoms with Crippen molar-refractivity contribution in [2.45, 2.75) is 50.9 Å². The molecule has 5 rings (SSSR count). The van der Waals surface area contributed by atoms with Gasteiger partial charge in [0.2, 0.25) is 5.78 Å². The molecule has 1 aromatic heterocycles. The van der Waals surface area contributed by atoms with Crippen LogP contribution in [-0.4, -0.2) is 74.6 Å². The summed E-state index contributed by atoms with van der Waals surface area (Å²) in [6, 6.07) is 5.84. The number of phenolic OH excluding ortho intramolecular Hbond substituents is 1. The molecule has 0 saturated carbocycles. The van der Waals surface area contributed by atoms with Gasteiger partial charge in [0.25, 0.3) is 5.91 Å². The number of aliphatic hydroxyl groups excluding tert-OH is 2. The van der Waals surface area contributed by atoms with Crippen LogP contribution >= 0.6 is 0 Å². The monoisotopic (exact) mass is 551 g/mol. The number of primary amides is 1. The minimum atomic E-state index is -2.67.